The van der Waals surface area contributed by atoms with Crippen LogP contribution in [0, 0.1) is 0 Å². The van der Waals surface area contributed by atoms with E-state index in [9.17, 15) is 14.4 Å². The normalized spacial score (nSPS) is 13.0. The number of hydrogen-bond donors (Lipinski definition) is 0. The lowest BCUT2D eigenvalue weighted by molar-refractivity contribution is -0.167. The van der Waals surface area contributed by atoms with E-state index in [0.717, 1.165) is 89.9 Å². The molecule has 0 N–H and O–H groups in total. The van der Waals surface area contributed by atoms with E-state index in [4.69, 9.17) is 14.2 Å². The van der Waals surface area contributed by atoms with Crippen molar-refractivity contribution in [3.05, 3.63) is 122 Å². The second-order valence-electron chi connectivity index (χ2n) is 20.1. The van der Waals surface area contributed by atoms with Gasteiger partial charge in [-0.15, -0.1) is 0 Å². The molecule has 0 amide bonds. The first-order valence-corrected chi connectivity index (χ1v) is 30.7. The van der Waals surface area contributed by atoms with Gasteiger partial charge in [0, 0.05) is 19.3 Å². The van der Waals surface area contributed by atoms with Gasteiger partial charge >= 0.3 is 17.9 Å². The Hall–Kier alpha value is -4.19. The van der Waals surface area contributed by atoms with Crippen molar-refractivity contribution in [2.24, 2.45) is 0 Å². The molecule has 0 aliphatic carbocycles. The van der Waals surface area contributed by atoms with E-state index < -0.39 is 6.10 Å². The monoisotopic (exact) mass is 1020 g/mol. The quantitative estimate of drug-likeness (QED) is 0.0199. The first-order valence-electron chi connectivity index (χ1n) is 30.7. The lowest BCUT2D eigenvalue weighted by Crippen LogP contribution is -2.30. The Kier molecular flexibility index (Phi) is 57.9. The van der Waals surface area contributed by atoms with Crippen molar-refractivity contribution < 1.29 is 28.6 Å². The van der Waals surface area contributed by atoms with Gasteiger partial charge in [0.25, 0.3) is 0 Å². The standard InChI is InChI=1S/C68H112O6/c1-4-7-10-13-16-19-22-25-28-31-34-37-40-43-46-49-52-55-58-61-67(70)73-64-65(63-72-66(69)60-57-54-51-48-45-42-39-36-33-30-27-24-21-18-15-12-9-6-3)74-68(71)62-59-56-53-50-47-44-41-38-35-32-29-26-23-20-17-14-11-8-5-2/h7,10,13,16,19,22,25,28,30-37,39-40,43,46,65H,4-6,8-9,11-12,14-15,17-18,20-21,23-24,26-27,29,38,41-42,44-45,47-64H2,1-3H3/b10-7-,16-13-,22-19-,28-25-,33-30-,34-31+,35-32-,39-36-,40-37-,46-43-. The smallest absolute Gasteiger partial charge is 0.306 e. The molecule has 0 aliphatic heterocycles. The number of carbonyl (C=O) groups excluding carboxylic acids is 3. The van der Waals surface area contributed by atoms with Crippen LogP contribution in [-0.4, -0.2) is 37.2 Å². The van der Waals surface area contributed by atoms with E-state index in [1.54, 1.807) is 0 Å². The minimum absolute atomic E-state index is 0.105. The molecule has 0 heterocycles. The molecule has 420 valence electrons. The first kappa shape index (κ1) is 69.8. The molecule has 74 heavy (non-hydrogen) atoms. The number of hydrogen-bond acceptors (Lipinski definition) is 6. The van der Waals surface area contributed by atoms with Gasteiger partial charge < -0.3 is 14.2 Å². The molecule has 1 unspecified atom stereocenters. The molecule has 0 aromatic carbocycles. The summed E-state index contributed by atoms with van der Waals surface area (Å²) in [4.78, 5) is 38.3. The van der Waals surface area contributed by atoms with E-state index >= 15 is 0 Å². The lowest BCUT2D eigenvalue weighted by Gasteiger charge is -2.18. The number of esters is 3. The highest BCUT2D eigenvalue weighted by Gasteiger charge is 2.19. The summed E-state index contributed by atoms with van der Waals surface area (Å²) in [6.45, 7) is 6.45. The molecule has 0 aliphatic rings. The largest absolute Gasteiger partial charge is 0.462 e. The van der Waals surface area contributed by atoms with Gasteiger partial charge in [0.1, 0.15) is 13.2 Å². The van der Waals surface area contributed by atoms with Crippen LogP contribution < -0.4 is 0 Å². The predicted octanol–water partition coefficient (Wildman–Crippen LogP) is 20.8. The second kappa shape index (κ2) is 61.4. The third-order valence-corrected chi connectivity index (χ3v) is 12.9. The third kappa shape index (κ3) is 58.7. The third-order valence-electron chi connectivity index (χ3n) is 12.9. The van der Waals surface area contributed by atoms with Crippen LogP contribution in [0.2, 0.25) is 0 Å². The van der Waals surface area contributed by atoms with Crippen molar-refractivity contribution >= 4 is 17.9 Å². The molecular formula is C68H112O6. The summed E-state index contributed by atoms with van der Waals surface area (Å²) < 4.78 is 16.9. The van der Waals surface area contributed by atoms with Crippen molar-refractivity contribution in [1.29, 1.82) is 0 Å². The van der Waals surface area contributed by atoms with Gasteiger partial charge in [-0.2, -0.15) is 0 Å². The summed E-state index contributed by atoms with van der Waals surface area (Å²) in [7, 11) is 0. The summed E-state index contributed by atoms with van der Waals surface area (Å²) in [5, 5.41) is 0. The van der Waals surface area contributed by atoms with Gasteiger partial charge in [-0.3, -0.25) is 14.4 Å². The van der Waals surface area contributed by atoms with Crippen molar-refractivity contribution in [3.63, 3.8) is 0 Å². The van der Waals surface area contributed by atoms with Crippen LogP contribution in [0.5, 0.6) is 0 Å². The van der Waals surface area contributed by atoms with Crippen LogP contribution in [-0.2, 0) is 28.6 Å². The molecule has 1 atom stereocenters. The van der Waals surface area contributed by atoms with Crippen LogP contribution in [0.1, 0.15) is 271 Å². The summed E-state index contributed by atoms with van der Waals surface area (Å²) >= 11 is 0. The van der Waals surface area contributed by atoms with Gasteiger partial charge in [-0.1, -0.05) is 284 Å². The highest BCUT2D eigenvalue weighted by atomic mass is 16.6. The minimum atomic E-state index is -0.811. The van der Waals surface area contributed by atoms with Gasteiger partial charge in [0.2, 0.25) is 0 Å². The number of carbonyl (C=O) groups is 3. The Morgan fingerprint density at radius 3 is 0.892 bits per heavy atom. The molecule has 0 radical (unpaired) electrons. The molecule has 0 bridgehead atoms. The Morgan fingerprint density at radius 1 is 0.284 bits per heavy atom. The van der Waals surface area contributed by atoms with Gasteiger partial charge in [0.05, 0.1) is 0 Å². The fourth-order valence-electron chi connectivity index (χ4n) is 8.29. The molecule has 0 rings (SSSR count). The Balaban J connectivity index is 4.53. The van der Waals surface area contributed by atoms with Crippen molar-refractivity contribution in [3.8, 4) is 0 Å². The molecule has 0 saturated heterocycles. The Bertz CT molecular complexity index is 1550. The maximum atomic E-state index is 12.9. The highest BCUT2D eigenvalue weighted by molar-refractivity contribution is 5.71. The Morgan fingerprint density at radius 2 is 0.541 bits per heavy atom. The zero-order chi connectivity index (χ0) is 53.6. The summed E-state index contributed by atoms with van der Waals surface area (Å²) in [5.74, 6) is -0.966. The van der Waals surface area contributed by atoms with E-state index in [-0.39, 0.29) is 31.1 Å². The molecule has 6 nitrogen and oxygen atoms in total. The number of unbranched alkanes of at least 4 members (excludes halogenated alkanes) is 30. The zero-order valence-electron chi connectivity index (χ0n) is 48.1. The van der Waals surface area contributed by atoms with Gasteiger partial charge in [-0.25, -0.2) is 0 Å². The van der Waals surface area contributed by atoms with E-state index in [1.807, 2.05) is 72.9 Å². The number of allylic oxidation sites excluding steroid dienone is 20. The van der Waals surface area contributed by atoms with Crippen LogP contribution in [0.15, 0.2) is 122 Å². The second-order valence-corrected chi connectivity index (χ2v) is 20.1. The molecule has 0 saturated carbocycles. The average Bonchev–Trinajstić information content (AvgIpc) is 3.40. The van der Waals surface area contributed by atoms with Crippen LogP contribution >= 0.6 is 0 Å². The topological polar surface area (TPSA) is 78.9 Å². The molecule has 6 heteroatoms. The van der Waals surface area contributed by atoms with Crippen LogP contribution in [0.3, 0.4) is 0 Å². The predicted molar refractivity (Wildman–Crippen MR) is 320 cm³/mol. The number of rotatable bonds is 54. The van der Waals surface area contributed by atoms with E-state index in [1.165, 1.54) is 141 Å². The molecule has 0 aromatic rings. The maximum absolute atomic E-state index is 12.9. The van der Waals surface area contributed by atoms with E-state index in [0.29, 0.717) is 19.3 Å². The van der Waals surface area contributed by atoms with Crippen molar-refractivity contribution in [1.82, 2.24) is 0 Å². The fourth-order valence-corrected chi connectivity index (χ4v) is 8.29. The summed E-state index contributed by atoms with van der Waals surface area (Å²) in [6.07, 6.45) is 84.7. The fraction of sp³-hybridized carbons (Fsp3) is 0.662. The van der Waals surface area contributed by atoms with E-state index in [2.05, 4.69) is 69.4 Å². The summed E-state index contributed by atoms with van der Waals surface area (Å²) in [6, 6.07) is 0. The average molecular weight is 1030 g/mol. The lowest BCUT2D eigenvalue weighted by atomic mass is 10.1. The summed E-state index contributed by atoms with van der Waals surface area (Å²) in [5.41, 5.74) is 0. The van der Waals surface area contributed by atoms with Crippen LogP contribution in [0.4, 0.5) is 0 Å². The zero-order valence-corrected chi connectivity index (χ0v) is 48.1. The Labute approximate surface area is 456 Å². The molecule has 0 aromatic heterocycles. The highest BCUT2D eigenvalue weighted by Crippen LogP contribution is 2.15. The number of ether oxygens (including phenoxy) is 3. The maximum Gasteiger partial charge on any atom is 0.306 e. The minimum Gasteiger partial charge on any atom is -0.462 e. The first-order chi connectivity index (χ1) is 36.5. The molecule has 0 spiro atoms. The van der Waals surface area contributed by atoms with Crippen molar-refractivity contribution in [2.75, 3.05) is 13.2 Å². The van der Waals surface area contributed by atoms with Crippen LogP contribution in [0.25, 0.3) is 0 Å². The van der Waals surface area contributed by atoms with Crippen molar-refractivity contribution in [2.45, 2.75) is 277 Å². The molecule has 0 fully saturated rings. The van der Waals surface area contributed by atoms with Gasteiger partial charge in [-0.05, 0) is 89.9 Å². The molecular weight excluding hydrogens is 913 g/mol. The SMILES string of the molecule is CC\C=C/C=C\C=C/C=C\C=C\C=C/C=C\CCCCCC(=O)OCC(COC(=O)CCCCCCC/C=C\C=C/CCCCCCCCC)OC(=O)CCCCCCCCC/C=C\CCCCCCCCCC. The van der Waals surface area contributed by atoms with Gasteiger partial charge in [0.15, 0.2) is 6.10 Å².